The van der Waals surface area contributed by atoms with Gasteiger partial charge in [0.25, 0.3) is 0 Å². The van der Waals surface area contributed by atoms with Crippen LogP contribution in [-0.4, -0.2) is 18.8 Å². The van der Waals surface area contributed by atoms with Gasteiger partial charge in [-0.05, 0) is 45.0 Å². The third-order valence-electron chi connectivity index (χ3n) is 3.85. The van der Waals surface area contributed by atoms with Crippen molar-refractivity contribution >= 4 is 0 Å². The van der Waals surface area contributed by atoms with Crippen LogP contribution in [0.25, 0.3) is 0 Å². The first-order valence-electron chi connectivity index (χ1n) is 6.95. The van der Waals surface area contributed by atoms with E-state index < -0.39 is 18.2 Å². The predicted molar refractivity (Wildman–Crippen MR) is 71.8 cm³/mol. The van der Waals surface area contributed by atoms with E-state index in [-0.39, 0.29) is 18.3 Å². The van der Waals surface area contributed by atoms with Gasteiger partial charge in [-0.1, -0.05) is 0 Å². The van der Waals surface area contributed by atoms with Crippen molar-refractivity contribution in [2.45, 2.75) is 50.4 Å². The van der Waals surface area contributed by atoms with E-state index in [2.05, 4.69) is 5.32 Å². The molecule has 0 aliphatic carbocycles. The molecule has 0 fully saturated rings. The average Bonchev–Trinajstić information content (AvgIpc) is 2.37. The van der Waals surface area contributed by atoms with Crippen molar-refractivity contribution in [2.75, 3.05) is 7.05 Å². The zero-order valence-electron chi connectivity index (χ0n) is 12.1. The van der Waals surface area contributed by atoms with Gasteiger partial charge in [-0.15, -0.1) is 0 Å². The first kappa shape index (κ1) is 16.1. The van der Waals surface area contributed by atoms with E-state index in [1.165, 1.54) is 18.2 Å². The summed E-state index contributed by atoms with van der Waals surface area (Å²) in [5, 5.41) is 3.08. The first-order valence-corrected chi connectivity index (χ1v) is 6.95. The Morgan fingerprint density at radius 3 is 2.71 bits per heavy atom. The molecule has 118 valence electrons. The van der Waals surface area contributed by atoms with Crippen LogP contribution in [0.5, 0.6) is 5.75 Å². The summed E-state index contributed by atoms with van der Waals surface area (Å²) in [5.74, 6) is 0.190. The van der Waals surface area contributed by atoms with Crippen LogP contribution in [0.3, 0.4) is 0 Å². The number of halogens is 4. The molecule has 0 saturated heterocycles. The van der Waals surface area contributed by atoms with Crippen molar-refractivity contribution in [2.24, 2.45) is 0 Å². The van der Waals surface area contributed by atoms with Crippen LogP contribution in [0.1, 0.15) is 44.2 Å². The molecule has 2 unspecified atom stereocenters. The second-order valence-corrected chi connectivity index (χ2v) is 5.75. The minimum absolute atomic E-state index is 0.0208. The quantitative estimate of drug-likeness (QED) is 0.835. The summed E-state index contributed by atoms with van der Waals surface area (Å²) in [7, 11) is 1.75. The molecular weight excluding hydrogens is 286 g/mol. The molecule has 2 rings (SSSR count). The molecule has 0 bridgehead atoms. The van der Waals surface area contributed by atoms with Crippen LogP contribution in [-0.2, 0) is 0 Å². The minimum atomic E-state index is -4.14. The fourth-order valence-corrected chi connectivity index (χ4v) is 2.81. The standard InChI is InChI=1S/C15H19F4NO/c1-14(6-3-7-15(17,18)19)9-12(20-2)11-8-10(16)4-5-13(11)21-14/h4-5,8,12,20H,3,6-7,9H2,1-2H3. The molecule has 2 atom stereocenters. The highest BCUT2D eigenvalue weighted by molar-refractivity contribution is 5.39. The molecule has 21 heavy (non-hydrogen) atoms. The highest BCUT2D eigenvalue weighted by Crippen LogP contribution is 2.42. The smallest absolute Gasteiger partial charge is 0.389 e. The van der Waals surface area contributed by atoms with Gasteiger partial charge in [0.05, 0.1) is 0 Å². The maximum Gasteiger partial charge on any atom is 0.389 e. The van der Waals surface area contributed by atoms with Crippen molar-refractivity contribution in [3.8, 4) is 5.75 Å². The molecule has 0 aromatic heterocycles. The van der Waals surface area contributed by atoms with Gasteiger partial charge in [-0.3, -0.25) is 0 Å². The van der Waals surface area contributed by atoms with E-state index in [0.29, 0.717) is 24.2 Å². The number of hydrogen-bond donors (Lipinski definition) is 1. The molecule has 0 saturated carbocycles. The Bertz CT molecular complexity index is 503. The number of rotatable bonds is 4. The number of fused-ring (bicyclic) bond motifs is 1. The van der Waals surface area contributed by atoms with E-state index in [4.69, 9.17) is 4.74 Å². The largest absolute Gasteiger partial charge is 0.487 e. The molecule has 0 spiro atoms. The third-order valence-corrected chi connectivity index (χ3v) is 3.85. The topological polar surface area (TPSA) is 21.3 Å². The second kappa shape index (κ2) is 5.83. The Balaban J connectivity index is 2.11. The van der Waals surface area contributed by atoms with Crippen LogP contribution in [0.2, 0.25) is 0 Å². The Labute approximate surface area is 121 Å². The molecule has 1 aliphatic rings. The summed E-state index contributed by atoms with van der Waals surface area (Å²) in [5.41, 5.74) is 0.0369. The van der Waals surface area contributed by atoms with Crippen LogP contribution in [0.4, 0.5) is 17.6 Å². The fourth-order valence-electron chi connectivity index (χ4n) is 2.81. The number of ether oxygens (including phenoxy) is 1. The molecule has 1 heterocycles. The van der Waals surface area contributed by atoms with Gasteiger partial charge in [0.1, 0.15) is 17.2 Å². The zero-order chi connectivity index (χ0) is 15.7. The SMILES string of the molecule is CNC1CC(C)(CCCC(F)(F)F)Oc2ccc(F)cc21. The lowest BCUT2D eigenvalue weighted by atomic mass is 9.85. The van der Waals surface area contributed by atoms with Crippen LogP contribution in [0.15, 0.2) is 18.2 Å². The summed E-state index contributed by atoms with van der Waals surface area (Å²) in [6.07, 6.45) is -4.12. The summed E-state index contributed by atoms with van der Waals surface area (Å²) in [6.45, 7) is 1.81. The molecule has 6 heteroatoms. The maximum atomic E-state index is 13.3. The normalized spacial score (nSPS) is 25.3. The maximum absolute atomic E-state index is 13.3. The molecular formula is C15H19F4NO. The van der Waals surface area contributed by atoms with E-state index >= 15 is 0 Å². The van der Waals surface area contributed by atoms with Crippen molar-refractivity contribution in [1.29, 1.82) is 0 Å². The summed E-state index contributed by atoms with van der Waals surface area (Å²) in [6, 6.07) is 4.12. The Morgan fingerprint density at radius 2 is 2.10 bits per heavy atom. The summed E-state index contributed by atoms with van der Waals surface area (Å²) < 4.78 is 56.0. The van der Waals surface area contributed by atoms with Gasteiger partial charge < -0.3 is 10.1 Å². The van der Waals surface area contributed by atoms with E-state index in [9.17, 15) is 17.6 Å². The van der Waals surface area contributed by atoms with Gasteiger partial charge in [0, 0.05) is 24.4 Å². The van der Waals surface area contributed by atoms with E-state index in [1.807, 2.05) is 0 Å². The van der Waals surface area contributed by atoms with Crippen molar-refractivity contribution in [3.63, 3.8) is 0 Å². The van der Waals surface area contributed by atoms with Gasteiger partial charge in [-0.2, -0.15) is 13.2 Å². The number of hydrogen-bond acceptors (Lipinski definition) is 2. The van der Waals surface area contributed by atoms with Gasteiger partial charge in [0.15, 0.2) is 0 Å². The fraction of sp³-hybridized carbons (Fsp3) is 0.600. The van der Waals surface area contributed by atoms with E-state index in [1.54, 1.807) is 14.0 Å². The highest BCUT2D eigenvalue weighted by atomic mass is 19.4. The van der Waals surface area contributed by atoms with E-state index in [0.717, 1.165) is 0 Å². The molecule has 2 nitrogen and oxygen atoms in total. The number of alkyl halides is 3. The van der Waals surface area contributed by atoms with Crippen molar-refractivity contribution in [3.05, 3.63) is 29.6 Å². The molecule has 1 aromatic carbocycles. The summed E-state index contributed by atoms with van der Waals surface area (Å²) >= 11 is 0. The molecule has 1 aliphatic heterocycles. The third kappa shape index (κ3) is 4.09. The van der Waals surface area contributed by atoms with Crippen LogP contribution in [0, 0.1) is 5.82 Å². The summed E-state index contributed by atoms with van der Waals surface area (Å²) in [4.78, 5) is 0. The molecule has 1 N–H and O–H groups in total. The lowest BCUT2D eigenvalue weighted by molar-refractivity contribution is -0.137. The van der Waals surface area contributed by atoms with Gasteiger partial charge in [0.2, 0.25) is 0 Å². The molecule has 1 aromatic rings. The van der Waals surface area contributed by atoms with Crippen molar-refractivity contribution < 1.29 is 22.3 Å². The van der Waals surface area contributed by atoms with Crippen LogP contribution >= 0.6 is 0 Å². The lowest BCUT2D eigenvalue weighted by Crippen LogP contribution is -2.41. The molecule has 0 amide bonds. The van der Waals surface area contributed by atoms with Crippen molar-refractivity contribution in [1.82, 2.24) is 5.32 Å². The van der Waals surface area contributed by atoms with Gasteiger partial charge in [-0.25, -0.2) is 4.39 Å². The van der Waals surface area contributed by atoms with Crippen LogP contribution < -0.4 is 10.1 Å². The van der Waals surface area contributed by atoms with Gasteiger partial charge >= 0.3 is 6.18 Å². The lowest BCUT2D eigenvalue weighted by Gasteiger charge is -2.40. The number of nitrogens with one attached hydrogen (secondary N) is 1. The monoisotopic (exact) mass is 305 g/mol. The zero-order valence-corrected chi connectivity index (χ0v) is 12.1. The molecule has 0 radical (unpaired) electrons. The highest BCUT2D eigenvalue weighted by Gasteiger charge is 2.38. The number of benzene rings is 1. The average molecular weight is 305 g/mol. The second-order valence-electron chi connectivity index (χ2n) is 5.75. The Kier molecular flexibility index (Phi) is 4.46. The predicted octanol–water partition coefficient (Wildman–Crippen LogP) is 4.36. The Morgan fingerprint density at radius 1 is 1.38 bits per heavy atom. The minimum Gasteiger partial charge on any atom is -0.487 e. The first-order chi connectivity index (χ1) is 9.72. The Hall–Kier alpha value is -1.30.